The predicted octanol–water partition coefficient (Wildman–Crippen LogP) is 3.13. The molecular weight excluding hydrogens is 378 g/mol. The monoisotopic (exact) mass is 401 g/mol. The quantitative estimate of drug-likeness (QED) is 0.803. The van der Waals surface area contributed by atoms with Crippen molar-refractivity contribution in [2.75, 3.05) is 25.0 Å². The number of ether oxygens (including phenoxy) is 1. The minimum atomic E-state index is -0.205. The molecule has 0 spiro atoms. The Labute approximate surface area is 175 Å². The minimum absolute atomic E-state index is 0.0255. The number of fused-ring (bicyclic) bond motifs is 2. The highest BCUT2D eigenvalue weighted by atomic mass is 16.5. The van der Waals surface area contributed by atoms with E-state index in [1.54, 1.807) is 18.3 Å². The number of nitrogens with one attached hydrogen (secondary N) is 1. The first-order valence-electron chi connectivity index (χ1n) is 10.3. The number of benzene rings is 1. The number of carbonyl (C=O) groups excluding carboxylic acids is 2. The van der Waals surface area contributed by atoms with Crippen molar-refractivity contribution < 1.29 is 14.3 Å². The molecule has 5 rings (SSSR count). The van der Waals surface area contributed by atoms with Crippen LogP contribution in [0.15, 0.2) is 54.7 Å². The standard InChI is InChI=1S/C24H23N3O3/c28-22-15-30-14-21-8-16(11-25-24(21)26-22)6-7-23(29)27-12-19-9-18(10-20(19)13-27)17-4-2-1-3-5-17/h1-9,11,19-20H,10,12-15H2,(H,25,26,28). The summed E-state index contributed by atoms with van der Waals surface area (Å²) in [4.78, 5) is 30.5. The highest BCUT2D eigenvalue weighted by molar-refractivity contribution is 5.93. The van der Waals surface area contributed by atoms with Gasteiger partial charge in [0.05, 0.1) is 6.61 Å². The maximum Gasteiger partial charge on any atom is 0.251 e. The first kappa shape index (κ1) is 18.8. The molecule has 0 bridgehead atoms. The number of hydrogen-bond donors (Lipinski definition) is 1. The minimum Gasteiger partial charge on any atom is -0.367 e. The van der Waals surface area contributed by atoms with Crippen molar-refractivity contribution in [2.45, 2.75) is 13.0 Å². The van der Waals surface area contributed by atoms with Gasteiger partial charge >= 0.3 is 0 Å². The molecule has 2 aromatic rings. The molecule has 1 saturated heterocycles. The Morgan fingerprint density at radius 2 is 2.07 bits per heavy atom. The molecule has 2 atom stereocenters. The normalized spacial score (nSPS) is 23.0. The number of aromatic nitrogens is 1. The van der Waals surface area contributed by atoms with Crippen LogP contribution >= 0.6 is 0 Å². The van der Waals surface area contributed by atoms with Gasteiger partial charge in [-0.25, -0.2) is 4.98 Å². The summed E-state index contributed by atoms with van der Waals surface area (Å²) in [6.07, 6.45) is 8.43. The molecule has 6 heteroatoms. The second-order valence-electron chi connectivity index (χ2n) is 8.08. The zero-order chi connectivity index (χ0) is 20.5. The van der Waals surface area contributed by atoms with Gasteiger partial charge in [0.25, 0.3) is 5.91 Å². The van der Waals surface area contributed by atoms with Crippen LogP contribution in [-0.2, 0) is 20.9 Å². The molecule has 1 aliphatic carbocycles. The van der Waals surface area contributed by atoms with Gasteiger partial charge in [-0.3, -0.25) is 9.59 Å². The van der Waals surface area contributed by atoms with Gasteiger partial charge < -0.3 is 15.0 Å². The lowest BCUT2D eigenvalue weighted by atomic mass is 9.98. The lowest BCUT2D eigenvalue weighted by Gasteiger charge is -2.15. The smallest absolute Gasteiger partial charge is 0.251 e. The Kier molecular flexibility index (Phi) is 4.93. The Hall–Kier alpha value is -3.25. The third-order valence-electron chi connectivity index (χ3n) is 6.00. The molecule has 0 radical (unpaired) electrons. The Bertz CT molecular complexity index is 1040. The average Bonchev–Trinajstić information content (AvgIpc) is 3.28. The van der Waals surface area contributed by atoms with E-state index >= 15 is 0 Å². The fourth-order valence-corrected chi connectivity index (χ4v) is 4.49. The number of carbonyl (C=O) groups is 2. The number of pyridine rings is 1. The third kappa shape index (κ3) is 3.78. The SMILES string of the molecule is O=C1COCc2cc(C=CC(=O)N3CC4C=C(c5ccccc5)CC4C3)cnc2N1. The zero-order valence-electron chi connectivity index (χ0n) is 16.6. The van der Waals surface area contributed by atoms with Crippen LogP contribution in [-0.4, -0.2) is 41.4 Å². The fraction of sp³-hybridized carbons (Fsp3) is 0.292. The van der Waals surface area contributed by atoms with Gasteiger partial charge in [-0.2, -0.15) is 0 Å². The van der Waals surface area contributed by atoms with Crippen molar-refractivity contribution in [2.24, 2.45) is 11.8 Å². The van der Waals surface area contributed by atoms with Crippen molar-refractivity contribution in [1.82, 2.24) is 9.88 Å². The molecule has 3 aliphatic rings. The predicted molar refractivity (Wildman–Crippen MR) is 114 cm³/mol. The Morgan fingerprint density at radius 3 is 2.90 bits per heavy atom. The number of likely N-dealkylation sites (tertiary alicyclic amines) is 1. The maximum absolute atomic E-state index is 12.7. The second-order valence-corrected chi connectivity index (χ2v) is 8.08. The third-order valence-corrected chi connectivity index (χ3v) is 6.00. The van der Waals surface area contributed by atoms with Gasteiger partial charge in [0.2, 0.25) is 5.91 Å². The van der Waals surface area contributed by atoms with E-state index in [1.807, 2.05) is 17.0 Å². The lowest BCUT2D eigenvalue weighted by Crippen LogP contribution is -2.27. The topological polar surface area (TPSA) is 71.5 Å². The van der Waals surface area contributed by atoms with E-state index in [2.05, 4.69) is 40.6 Å². The van der Waals surface area contributed by atoms with Gasteiger partial charge in [0.1, 0.15) is 12.4 Å². The van der Waals surface area contributed by atoms with Crippen LogP contribution in [0.5, 0.6) is 0 Å². The van der Waals surface area contributed by atoms with Crippen LogP contribution in [0.3, 0.4) is 0 Å². The van der Waals surface area contributed by atoms with Crippen molar-refractivity contribution in [3.8, 4) is 0 Å². The molecule has 2 unspecified atom stereocenters. The molecule has 1 aromatic heterocycles. The van der Waals surface area contributed by atoms with E-state index in [1.165, 1.54) is 11.1 Å². The molecule has 3 heterocycles. The van der Waals surface area contributed by atoms with Gasteiger partial charge in [0.15, 0.2) is 0 Å². The van der Waals surface area contributed by atoms with Gasteiger partial charge in [-0.15, -0.1) is 0 Å². The molecule has 30 heavy (non-hydrogen) atoms. The van der Waals surface area contributed by atoms with E-state index in [4.69, 9.17) is 4.74 Å². The van der Waals surface area contributed by atoms with E-state index < -0.39 is 0 Å². The second kappa shape index (κ2) is 7.88. The molecule has 1 aromatic carbocycles. The summed E-state index contributed by atoms with van der Waals surface area (Å²) in [5.41, 5.74) is 4.32. The summed E-state index contributed by atoms with van der Waals surface area (Å²) >= 11 is 0. The first-order valence-corrected chi connectivity index (χ1v) is 10.3. The van der Waals surface area contributed by atoms with Crippen molar-refractivity contribution in [3.63, 3.8) is 0 Å². The maximum atomic E-state index is 12.7. The molecule has 152 valence electrons. The lowest BCUT2D eigenvalue weighted by molar-refractivity contribution is -0.125. The van der Waals surface area contributed by atoms with Crippen LogP contribution in [0.2, 0.25) is 0 Å². The number of anilines is 1. The van der Waals surface area contributed by atoms with Gasteiger partial charge in [0, 0.05) is 30.9 Å². The molecule has 1 N–H and O–H groups in total. The molecule has 6 nitrogen and oxygen atoms in total. The summed E-state index contributed by atoms with van der Waals surface area (Å²) in [5, 5.41) is 2.72. The molecule has 2 amide bonds. The van der Waals surface area contributed by atoms with Crippen LogP contribution in [0.25, 0.3) is 11.6 Å². The zero-order valence-corrected chi connectivity index (χ0v) is 16.6. The number of amides is 2. The Balaban J connectivity index is 1.23. The van der Waals surface area contributed by atoms with Gasteiger partial charge in [-0.05, 0) is 47.1 Å². The molecule has 1 fully saturated rings. The van der Waals surface area contributed by atoms with E-state index in [0.717, 1.165) is 30.6 Å². The van der Waals surface area contributed by atoms with Crippen LogP contribution in [0.1, 0.15) is 23.1 Å². The van der Waals surface area contributed by atoms with E-state index in [0.29, 0.717) is 24.3 Å². The number of rotatable bonds is 3. The first-order chi connectivity index (χ1) is 14.7. The summed E-state index contributed by atoms with van der Waals surface area (Å²) < 4.78 is 5.32. The van der Waals surface area contributed by atoms with Crippen molar-refractivity contribution in [1.29, 1.82) is 0 Å². The number of allylic oxidation sites excluding steroid dienone is 1. The molecule has 2 aliphatic heterocycles. The van der Waals surface area contributed by atoms with Crippen molar-refractivity contribution in [3.05, 3.63) is 71.4 Å². The van der Waals surface area contributed by atoms with Crippen LogP contribution in [0, 0.1) is 11.8 Å². The summed E-state index contributed by atoms with van der Waals surface area (Å²) in [5.74, 6) is 1.29. The fourth-order valence-electron chi connectivity index (χ4n) is 4.49. The summed E-state index contributed by atoms with van der Waals surface area (Å²) in [7, 11) is 0. The highest BCUT2D eigenvalue weighted by Gasteiger charge is 2.37. The largest absolute Gasteiger partial charge is 0.367 e. The van der Waals surface area contributed by atoms with E-state index in [9.17, 15) is 9.59 Å². The Morgan fingerprint density at radius 1 is 1.20 bits per heavy atom. The number of hydrogen-bond acceptors (Lipinski definition) is 4. The molecular formula is C24H23N3O3. The van der Waals surface area contributed by atoms with E-state index in [-0.39, 0.29) is 18.4 Å². The summed E-state index contributed by atoms with van der Waals surface area (Å²) in [6, 6.07) is 12.4. The molecule has 0 saturated carbocycles. The number of nitrogens with zero attached hydrogens (tertiary/aromatic N) is 2. The highest BCUT2D eigenvalue weighted by Crippen LogP contribution is 2.40. The van der Waals surface area contributed by atoms with Crippen LogP contribution < -0.4 is 5.32 Å². The van der Waals surface area contributed by atoms with Crippen molar-refractivity contribution >= 4 is 29.3 Å². The summed E-state index contributed by atoms with van der Waals surface area (Å²) in [6.45, 7) is 1.91. The average molecular weight is 401 g/mol. The van der Waals surface area contributed by atoms with Crippen LogP contribution in [0.4, 0.5) is 5.82 Å². The van der Waals surface area contributed by atoms with Gasteiger partial charge in [-0.1, -0.05) is 36.4 Å².